The minimum absolute atomic E-state index is 0.0268. The molecule has 0 saturated carbocycles. The summed E-state index contributed by atoms with van der Waals surface area (Å²) in [6.07, 6.45) is 4.15. The van der Waals surface area contributed by atoms with Gasteiger partial charge in [-0.2, -0.15) is 5.26 Å². The molecule has 1 aromatic carbocycles. The Labute approximate surface area is 178 Å². The Bertz CT molecular complexity index is 1090. The zero-order valence-electron chi connectivity index (χ0n) is 16.7. The van der Waals surface area contributed by atoms with Crippen LogP contribution in [-0.4, -0.2) is 24.0 Å². The summed E-state index contributed by atoms with van der Waals surface area (Å²) in [5, 5.41) is 8.91. The number of benzene rings is 1. The van der Waals surface area contributed by atoms with Gasteiger partial charge in [-0.25, -0.2) is 13.8 Å². The number of furan rings is 1. The SMILES string of the molecule is N#Cc1ccc(N2CCC(C(=O)N(Cc3ccco3)c3ccc(F)cc3F)CC2)nc1. The largest absolute Gasteiger partial charge is 0.467 e. The van der Waals surface area contributed by atoms with Crippen molar-refractivity contribution < 1.29 is 18.0 Å². The van der Waals surface area contributed by atoms with E-state index in [9.17, 15) is 13.6 Å². The number of anilines is 2. The van der Waals surface area contributed by atoms with Crippen molar-refractivity contribution >= 4 is 17.4 Å². The molecule has 1 fully saturated rings. The molecule has 1 aliphatic rings. The van der Waals surface area contributed by atoms with E-state index < -0.39 is 11.6 Å². The van der Waals surface area contributed by atoms with Crippen molar-refractivity contribution in [2.24, 2.45) is 5.92 Å². The number of nitriles is 1. The molecular weight excluding hydrogens is 402 g/mol. The van der Waals surface area contributed by atoms with Crippen LogP contribution in [-0.2, 0) is 11.3 Å². The molecule has 2 aromatic heterocycles. The lowest BCUT2D eigenvalue weighted by Gasteiger charge is -2.34. The number of hydrogen-bond acceptors (Lipinski definition) is 5. The summed E-state index contributed by atoms with van der Waals surface area (Å²) in [4.78, 5) is 21.0. The lowest BCUT2D eigenvalue weighted by molar-refractivity contribution is -0.123. The molecule has 0 atom stereocenters. The zero-order valence-corrected chi connectivity index (χ0v) is 16.7. The third-order valence-corrected chi connectivity index (χ3v) is 5.41. The molecule has 0 bridgehead atoms. The number of carbonyl (C=O) groups excluding carboxylic acids is 1. The number of halogens is 2. The van der Waals surface area contributed by atoms with Gasteiger partial charge in [-0.3, -0.25) is 4.79 Å². The molecule has 1 aliphatic heterocycles. The molecular formula is C23H20F2N4O2. The van der Waals surface area contributed by atoms with E-state index in [1.807, 2.05) is 6.07 Å². The van der Waals surface area contributed by atoms with Crippen LogP contribution in [0.25, 0.3) is 0 Å². The van der Waals surface area contributed by atoms with Gasteiger partial charge in [-0.15, -0.1) is 0 Å². The molecule has 1 saturated heterocycles. The Morgan fingerprint density at radius 1 is 1.23 bits per heavy atom. The van der Waals surface area contributed by atoms with E-state index in [-0.39, 0.29) is 24.1 Å². The summed E-state index contributed by atoms with van der Waals surface area (Å²) in [6, 6.07) is 12.1. The lowest BCUT2D eigenvalue weighted by Crippen LogP contribution is -2.43. The Balaban J connectivity index is 1.50. The maximum Gasteiger partial charge on any atom is 0.230 e. The summed E-state index contributed by atoms with van der Waals surface area (Å²) in [6.45, 7) is 1.28. The molecule has 0 aliphatic carbocycles. The molecule has 158 valence electrons. The standard InChI is InChI=1S/C23H20F2N4O2/c24-18-4-5-21(20(25)12-18)29(15-19-2-1-11-31-19)23(30)17-7-9-28(10-8-17)22-6-3-16(13-26)14-27-22/h1-6,11-12,14,17H,7-10,15H2. The summed E-state index contributed by atoms with van der Waals surface area (Å²) in [7, 11) is 0. The Morgan fingerprint density at radius 3 is 2.65 bits per heavy atom. The number of nitrogens with zero attached hydrogens (tertiary/aromatic N) is 4. The van der Waals surface area contributed by atoms with E-state index in [1.54, 1.807) is 24.3 Å². The fraction of sp³-hybridized carbons (Fsp3) is 0.261. The van der Waals surface area contributed by atoms with E-state index in [1.165, 1.54) is 23.4 Å². The van der Waals surface area contributed by atoms with Crippen LogP contribution in [0, 0.1) is 28.9 Å². The number of carbonyl (C=O) groups is 1. The fourth-order valence-corrected chi connectivity index (χ4v) is 3.76. The monoisotopic (exact) mass is 422 g/mol. The maximum absolute atomic E-state index is 14.5. The van der Waals surface area contributed by atoms with Gasteiger partial charge in [0.05, 0.1) is 24.1 Å². The third kappa shape index (κ3) is 4.56. The predicted octanol–water partition coefficient (Wildman–Crippen LogP) is 4.27. The lowest BCUT2D eigenvalue weighted by atomic mass is 9.94. The molecule has 0 unspecified atom stereocenters. The van der Waals surface area contributed by atoms with Gasteiger partial charge < -0.3 is 14.2 Å². The second-order valence-electron chi connectivity index (χ2n) is 7.38. The molecule has 3 aromatic rings. The second kappa shape index (κ2) is 8.96. The van der Waals surface area contributed by atoms with E-state index in [4.69, 9.17) is 9.68 Å². The quantitative estimate of drug-likeness (QED) is 0.614. The number of pyridine rings is 1. The molecule has 0 N–H and O–H groups in total. The molecule has 0 spiro atoms. The molecule has 1 amide bonds. The van der Waals surface area contributed by atoms with Gasteiger partial charge in [0.25, 0.3) is 0 Å². The van der Waals surface area contributed by atoms with Crippen LogP contribution < -0.4 is 9.80 Å². The summed E-state index contributed by atoms with van der Waals surface area (Å²) >= 11 is 0. The van der Waals surface area contributed by atoms with Crippen molar-refractivity contribution in [1.29, 1.82) is 5.26 Å². The highest BCUT2D eigenvalue weighted by atomic mass is 19.1. The van der Waals surface area contributed by atoms with E-state index >= 15 is 0 Å². The second-order valence-corrected chi connectivity index (χ2v) is 7.38. The van der Waals surface area contributed by atoms with Crippen molar-refractivity contribution in [3.63, 3.8) is 0 Å². The molecule has 6 nitrogen and oxygen atoms in total. The molecule has 4 rings (SSSR count). The van der Waals surface area contributed by atoms with Gasteiger partial charge in [-0.05, 0) is 49.2 Å². The maximum atomic E-state index is 14.5. The topological polar surface area (TPSA) is 73.4 Å². The third-order valence-electron chi connectivity index (χ3n) is 5.41. The van der Waals surface area contributed by atoms with Crippen LogP contribution in [0.4, 0.5) is 20.3 Å². The summed E-state index contributed by atoms with van der Waals surface area (Å²) in [5.41, 5.74) is 0.516. The molecule has 8 heteroatoms. The molecule has 0 radical (unpaired) electrons. The van der Waals surface area contributed by atoms with Crippen molar-refractivity contribution in [1.82, 2.24) is 4.98 Å². The van der Waals surface area contributed by atoms with Crippen LogP contribution >= 0.6 is 0 Å². The van der Waals surface area contributed by atoms with Crippen molar-refractivity contribution in [3.8, 4) is 6.07 Å². The predicted molar refractivity (Wildman–Crippen MR) is 110 cm³/mol. The highest BCUT2D eigenvalue weighted by Gasteiger charge is 2.31. The highest BCUT2D eigenvalue weighted by Crippen LogP contribution is 2.29. The van der Waals surface area contributed by atoms with Crippen molar-refractivity contribution in [2.75, 3.05) is 22.9 Å². The number of piperidine rings is 1. The number of hydrogen-bond donors (Lipinski definition) is 0. The van der Waals surface area contributed by atoms with Gasteiger partial charge in [0.2, 0.25) is 5.91 Å². The van der Waals surface area contributed by atoms with Crippen molar-refractivity contribution in [3.05, 3.63) is 77.9 Å². The first-order valence-electron chi connectivity index (χ1n) is 9.95. The number of aromatic nitrogens is 1. The van der Waals surface area contributed by atoms with E-state index in [0.29, 0.717) is 37.3 Å². The summed E-state index contributed by atoms with van der Waals surface area (Å²) in [5.74, 6) is -0.768. The smallest absolute Gasteiger partial charge is 0.230 e. The van der Waals surface area contributed by atoms with Crippen LogP contribution in [0.1, 0.15) is 24.2 Å². The normalized spacial score (nSPS) is 14.3. The Hall–Kier alpha value is -3.73. The van der Waals surface area contributed by atoms with Crippen LogP contribution in [0.5, 0.6) is 0 Å². The molecule has 3 heterocycles. The fourth-order valence-electron chi connectivity index (χ4n) is 3.76. The minimum Gasteiger partial charge on any atom is -0.467 e. The van der Waals surface area contributed by atoms with Crippen molar-refractivity contribution in [2.45, 2.75) is 19.4 Å². The first-order chi connectivity index (χ1) is 15.0. The minimum atomic E-state index is -0.792. The van der Waals surface area contributed by atoms with Gasteiger partial charge in [0.15, 0.2) is 0 Å². The average Bonchev–Trinajstić information content (AvgIpc) is 3.31. The van der Waals surface area contributed by atoms with Gasteiger partial charge in [0.1, 0.15) is 29.3 Å². The van der Waals surface area contributed by atoms with E-state index in [2.05, 4.69) is 9.88 Å². The first-order valence-corrected chi connectivity index (χ1v) is 9.95. The molecule has 31 heavy (non-hydrogen) atoms. The Kier molecular flexibility index (Phi) is 5.94. The first kappa shape index (κ1) is 20.5. The van der Waals surface area contributed by atoms with Gasteiger partial charge in [0, 0.05) is 31.3 Å². The van der Waals surface area contributed by atoms with Gasteiger partial charge in [-0.1, -0.05) is 0 Å². The van der Waals surface area contributed by atoms with Crippen LogP contribution in [0.2, 0.25) is 0 Å². The number of rotatable bonds is 5. The van der Waals surface area contributed by atoms with Crippen LogP contribution in [0.15, 0.2) is 59.3 Å². The van der Waals surface area contributed by atoms with E-state index in [0.717, 1.165) is 18.0 Å². The summed E-state index contributed by atoms with van der Waals surface area (Å²) < 4.78 is 33.3. The Morgan fingerprint density at radius 2 is 2.03 bits per heavy atom. The number of amides is 1. The van der Waals surface area contributed by atoms with Crippen LogP contribution in [0.3, 0.4) is 0 Å². The average molecular weight is 422 g/mol. The van der Waals surface area contributed by atoms with Gasteiger partial charge >= 0.3 is 0 Å². The highest BCUT2D eigenvalue weighted by molar-refractivity contribution is 5.95. The zero-order chi connectivity index (χ0) is 21.8.